The Bertz CT molecular complexity index is 536. The fourth-order valence-corrected chi connectivity index (χ4v) is 3.98. The van der Waals surface area contributed by atoms with Gasteiger partial charge in [0.1, 0.15) is 5.01 Å². The van der Waals surface area contributed by atoms with E-state index in [0.717, 1.165) is 36.9 Å². The summed E-state index contributed by atoms with van der Waals surface area (Å²) in [6.07, 6.45) is 6.64. The second-order valence-electron chi connectivity index (χ2n) is 7.28. The Hall–Kier alpha value is -0.980. The van der Waals surface area contributed by atoms with E-state index >= 15 is 0 Å². The van der Waals surface area contributed by atoms with Crippen molar-refractivity contribution in [2.24, 2.45) is 5.92 Å². The number of aliphatic carboxylic acids is 1. The molecule has 0 atom stereocenters. The third-order valence-electron chi connectivity index (χ3n) is 4.84. The predicted molar refractivity (Wildman–Crippen MR) is 91.8 cm³/mol. The molecule has 1 heterocycles. The molecule has 23 heavy (non-hydrogen) atoms. The highest BCUT2D eigenvalue weighted by molar-refractivity contribution is 7.11. The van der Waals surface area contributed by atoms with Crippen LogP contribution in [0.1, 0.15) is 55.3 Å². The summed E-state index contributed by atoms with van der Waals surface area (Å²) < 4.78 is 0. The Morgan fingerprint density at radius 3 is 2.78 bits per heavy atom. The van der Waals surface area contributed by atoms with E-state index in [4.69, 9.17) is 5.11 Å². The zero-order valence-corrected chi connectivity index (χ0v) is 14.8. The lowest BCUT2D eigenvalue weighted by Crippen LogP contribution is -2.54. The summed E-state index contributed by atoms with van der Waals surface area (Å²) in [4.78, 5) is 19.0. The van der Waals surface area contributed by atoms with E-state index in [1.54, 1.807) is 11.3 Å². The number of aromatic nitrogens is 1. The molecule has 0 spiro atoms. The highest BCUT2D eigenvalue weighted by atomic mass is 32.1. The third kappa shape index (κ3) is 4.75. The summed E-state index contributed by atoms with van der Waals surface area (Å²) >= 11 is 1.79. The average molecular weight is 337 g/mol. The molecule has 0 saturated heterocycles. The van der Waals surface area contributed by atoms with Gasteiger partial charge in [-0.2, -0.15) is 0 Å². The fraction of sp³-hybridized carbons (Fsp3) is 0.765. The van der Waals surface area contributed by atoms with Gasteiger partial charge in [-0.3, -0.25) is 9.69 Å². The van der Waals surface area contributed by atoms with Crippen molar-refractivity contribution in [3.05, 3.63) is 16.1 Å². The standard InChI is InChI=1S/C17H27N3O2S/c1-11(2)15-7-19-16(23-15)8-18-13-5-14(6-13)20(10-17(21)22)9-12-3-4-12/h7,11-14,18H,3-6,8-10H2,1-2H3,(H,21,22). The molecule has 6 heteroatoms. The number of carboxylic acid groups (broad SMARTS) is 1. The molecule has 0 aliphatic heterocycles. The van der Waals surface area contributed by atoms with Crippen LogP contribution in [0.3, 0.4) is 0 Å². The van der Waals surface area contributed by atoms with E-state index < -0.39 is 5.97 Å². The Morgan fingerprint density at radius 1 is 1.48 bits per heavy atom. The second kappa shape index (κ2) is 7.28. The molecule has 0 radical (unpaired) electrons. The van der Waals surface area contributed by atoms with Crippen LogP contribution in [0.5, 0.6) is 0 Å². The second-order valence-corrected chi connectivity index (χ2v) is 8.43. The van der Waals surface area contributed by atoms with E-state index in [9.17, 15) is 4.79 Å². The largest absolute Gasteiger partial charge is 0.480 e. The minimum atomic E-state index is -0.703. The number of thiazole rings is 1. The molecule has 2 saturated carbocycles. The molecule has 0 amide bonds. The quantitative estimate of drug-likeness (QED) is 0.725. The van der Waals surface area contributed by atoms with E-state index in [2.05, 4.69) is 29.0 Å². The van der Waals surface area contributed by atoms with Crippen molar-refractivity contribution in [2.45, 2.75) is 64.1 Å². The average Bonchev–Trinajstić information content (AvgIpc) is 3.11. The molecule has 3 rings (SSSR count). The van der Waals surface area contributed by atoms with Gasteiger partial charge in [-0.25, -0.2) is 4.98 Å². The fourth-order valence-electron chi connectivity index (χ4n) is 3.11. The van der Waals surface area contributed by atoms with Crippen molar-refractivity contribution >= 4 is 17.3 Å². The minimum absolute atomic E-state index is 0.193. The molecule has 128 valence electrons. The molecule has 0 bridgehead atoms. The molecular weight excluding hydrogens is 310 g/mol. The molecule has 0 unspecified atom stereocenters. The summed E-state index contributed by atoms with van der Waals surface area (Å²) in [6, 6.07) is 0.939. The van der Waals surface area contributed by atoms with E-state index in [0.29, 0.717) is 18.0 Å². The normalized spacial score (nSPS) is 24.2. The molecule has 2 aliphatic rings. The van der Waals surface area contributed by atoms with Gasteiger partial charge in [-0.15, -0.1) is 11.3 Å². The molecule has 5 nitrogen and oxygen atoms in total. The number of nitrogens with one attached hydrogen (secondary N) is 1. The molecule has 2 fully saturated rings. The van der Waals surface area contributed by atoms with Crippen LogP contribution in [0.15, 0.2) is 6.20 Å². The van der Waals surface area contributed by atoms with Gasteiger partial charge in [0.15, 0.2) is 0 Å². The number of hydrogen-bond donors (Lipinski definition) is 2. The van der Waals surface area contributed by atoms with Crippen molar-refractivity contribution in [3.8, 4) is 0 Å². The molecular formula is C17H27N3O2S. The number of hydrogen-bond acceptors (Lipinski definition) is 5. The van der Waals surface area contributed by atoms with Crippen LogP contribution in [0, 0.1) is 5.92 Å². The van der Waals surface area contributed by atoms with Crippen LogP contribution in [-0.4, -0.2) is 46.1 Å². The van der Waals surface area contributed by atoms with E-state index in [-0.39, 0.29) is 6.54 Å². The third-order valence-corrected chi connectivity index (χ3v) is 6.14. The smallest absolute Gasteiger partial charge is 0.317 e. The van der Waals surface area contributed by atoms with Gasteiger partial charge in [-0.05, 0) is 37.5 Å². The van der Waals surface area contributed by atoms with Crippen LogP contribution in [-0.2, 0) is 11.3 Å². The number of rotatable bonds is 9. The Morgan fingerprint density at radius 2 is 2.22 bits per heavy atom. The maximum absolute atomic E-state index is 11.0. The van der Waals surface area contributed by atoms with Gasteiger partial charge in [0.05, 0.1) is 6.54 Å². The Labute approximate surface area is 142 Å². The van der Waals surface area contributed by atoms with Crippen molar-refractivity contribution in [3.63, 3.8) is 0 Å². The van der Waals surface area contributed by atoms with Gasteiger partial charge in [0, 0.05) is 36.2 Å². The van der Waals surface area contributed by atoms with Crippen LogP contribution in [0.25, 0.3) is 0 Å². The summed E-state index contributed by atoms with van der Waals surface area (Å²) in [6.45, 7) is 6.37. The van der Waals surface area contributed by atoms with Crippen LogP contribution in [0.4, 0.5) is 0 Å². The van der Waals surface area contributed by atoms with Crippen LogP contribution in [0.2, 0.25) is 0 Å². The van der Waals surface area contributed by atoms with Gasteiger partial charge in [0.2, 0.25) is 0 Å². The summed E-state index contributed by atoms with van der Waals surface area (Å²) in [5.41, 5.74) is 0. The lowest BCUT2D eigenvalue weighted by molar-refractivity contribution is -0.139. The molecule has 2 N–H and O–H groups in total. The SMILES string of the molecule is CC(C)c1cnc(CNC2CC(N(CC(=O)O)CC3CC3)C2)s1. The van der Waals surface area contributed by atoms with E-state index in [1.807, 2.05) is 6.20 Å². The summed E-state index contributed by atoms with van der Waals surface area (Å²) in [5.74, 6) is 0.582. The topological polar surface area (TPSA) is 65.5 Å². The van der Waals surface area contributed by atoms with E-state index in [1.165, 1.54) is 17.7 Å². The van der Waals surface area contributed by atoms with Crippen molar-refractivity contribution in [1.82, 2.24) is 15.2 Å². The van der Waals surface area contributed by atoms with Gasteiger partial charge >= 0.3 is 5.97 Å². The number of carbonyl (C=O) groups is 1. The van der Waals surface area contributed by atoms with Crippen molar-refractivity contribution < 1.29 is 9.90 Å². The van der Waals surface area contributed by atoms with Gasteiger partial charge < -0.3 is 10.4 Å². The first kappa shape index (κ1) is 16.9. The Kier molecular flexibility index (Phi) is 5.34. The highest BCUT2D eigenvalue weighted by Gasteiger charge is 2.36. The maximum atomic E-state index is 11.0. The van der Waals surface area contributed by atoms with Crippen molar-refractivity contribution in [1.29, 1.82) is 0 Å². The zero-order valence-electron chi connectivity index (χ0n) is 14.0. The van der Waals surface area contributed by atoms with Crippen molar-refractivity contribution in [2.75, 3.05) is 13.1 Å². The number of carboxylic acids is 1. The predicted octanol–water partition coefficient (Wildman–Crippen LogP) is 2.68. The van der Waals surface area contributed by atoms with Gasteiger partial charge in [0.25, 0.3) is 0 Å². The maximum Gasteiger partial charge on any atom is 0.317 e. The zero-order chi connectivity index (χ0) is 16.4. The lowest BCUT2D eigenvalue weighted by Gasteiger charge is -2.42. The first-order chi connectivity index (χ1) is 11.0. The molecule has 0 aromatic carbocycles. The van der Waals surface area contributed by atoms with Crippen LogP contribution < -0.4 is 5.32 Å². The summed E-state index contributed by atoms with van der Waals surface area (Å²) in [7, 11) is 0. The monoisotopic (exact) mass is 337 g/mol. The number of nitrogens with zero attached hydrogens (tertiary/aromatic N) is 2. The highest BCUT2D eigenvalue weighted by Crippen LogP contribution is 2.34. The molecule has 1 aromatic rings. The minimum Gasteiger partial charge on any atom is -0.480 e. The lowest BCUT2D eigenvalue weighted by atomic mass is 9.85. The van der Waals surface area contributed by atoms with Gasteiger partial charge in [-0.1, -0.05) is 13.8 Å². The summed E-state index contributed by atoms with van der Waals surface area (Å²) in [5, 5.41) is 13.8. The first-order valence-electron chi connectivity index (χ1n) is 8.65. The first-order valence-corrected chi connectivity index (χ1v) is 9.46. The molecule has 2 aliphatic carbocycles. The van der Waals surface area contributed by atoms with Crippen LogP contribution >= 0.6 is 11.3 Å². The Balaban J connectivity index is 1.41. The molecule has 1 aromatic heterocycles.